The van der Waals surface area contributed by atoms with Gasteiger partial charge in [0.05, 0.1) is 0 Å². The summed E-state index contributed by atoms with van der Waals surface area (Å²) in [6, 6.07) is 7.31. The molecule has 1 aromatic rings. The van der Waals surface area contributed by atoms with E-state index in [1.54, 1.807) is 6.07 Å². The number of benzene rings is 1. The summed E-state index contributed by atoms with van der Waals surface area (Å²) in [5.41, 5.74) is 1.15. The fourth-order valence-electron chi connectivity index (χ4n) is 2.43. The molecule has 1 aromatic carbocycles. The third-order valence-corrected chi connectivity index (χ3v) is 4.00. The lowest BCUT2D eigenvalue weighted by Gasteiger charge is -2.23. The molecule has 0 unspecified atom stereocenters. The van der Waals surface area contributed by atoms with Gasteiger partial charge in [0.25, 0.3) is 0 Å². The summed E-state index contributed by atoms with van der Waals surface area (Å²) in [4.78, 5) is 24.4. The van der Waals surface area contributed by atoms with Crippen LogP contribution < -0.4 is 10.6 Å². The summed E-state index contributed by atoms with van der Waals surface area (Å²) in [5.74, 6) is 0.000253. The van der Waals surface area contributed by atoms with E-state index in [9.17, 15) is 9.59 Å². The minimum absolute atomic E-state index is 0.000264. The van der Waals surface area contributed by atoms with Gasteiger partial charge in [-0.2, -0.15) is 0 Å². The van der Waals surface area contributed by atoms with Crippen LogP contribution in [0.5, 0.6) is 0 Å². The number of hydrogen-bond acceptors (Lipinski definition) is 2. The van der Waals surface area contributed by atoms with Crippen LogP contribution in [0, 0.1) is 10.8 Å². The van der Waals surface area contributed by atoms with E-state index in [0.717, 1.165) is 19.3 Å². The number of carbonyl (C=O) groups is 2. The fourth-order valence-corrected chi connectivity index (χ4v) is 2.43. The quantitative estimate of drug-likeness (QED) is 0.719. The molecular weight excluding hydrogens is 300 g/mol. The van der Waals surface area contributed by atoms with Crippen molar-refractivity contribution in [3.05, 3.63) is 24.3 Å². The standard InChI is InChI=1S/C20H32N2O2/c1-7-12-20(5,6)18(24)22-16-10-8-9-15(14-16)21-17(23)11-13-19(2,3)4/h8-10,14H,7,11-13H2,1-6H3,(H,21,23)(H,22,24). The van der Waals surface area contributed by atoms with Gasteiger partial charge < -0.3 is 10.6 Å². The van der Waals surface area contributed by atoms with Crippen molar-refractivity contribution in [2.24, 2.45) is 10.8 Å². The van der Waals surface area contributed by atoms with Gasteiger partial charge in [0.1, 0.15) is 0 Å². The van der Waals surface area contributed by atoms with Gasteiger partial charge in [0.2, 0.25) is 11.8 Å². The van der Waals surface area contributed by atoms with E-state index < -0.39 is 5.41 Å². The molecule has 0 saturated heterocycles. The molecule has 2 N–H and O–H groups in total. The largest absolute Gasteiger partial charge is 0.326 e. The Bertz CT molecular complexity index is 571. The van der Waals surface area contributed by atoms with E-state index in [0.29, 0.717) is 17.8 Å². The molecule has 0 aromatic heterocycles. The molecule has 0 heterocycles. The van der Waals surface area contributed by atoms with Crippen LogP contribution in [0.25, 0.3) is 0 Å². The van der Waals surface area contributed by atoms with Crippen LogP contribution in [0.1, 0.15) is 67.2 Å². The molecule has 1 rings (SSSR count). The lowest BCUT2D eigenvalue weighted by atomic mass is 9.87. The SMILES string of the molecule is CCCC(C)(C)C(=O)Nc1cccc(NC(=O)CCC(C)(C)C)c1. The number of anilines is 2. The maximum atomic E-state index is 12.4. The van der Waals surface area contributed by atoms with Gasteiger partial charge in [-0.15, -0.1) is 0 Å². The third kappa shape index (κ3) is 7.16. The van der Waals surface area contributed by atoms with Crippen molar-refractivity contribution in [1.29, 1.82) is 0 Å². The first-order valence-electron chi connectivity index (χ1n) is 8.75. The molecule has 0 bridgehead atoms. The van der Waals surface area contributed by atoms with Crippen LogP contribution in [-0.4, -0.2) is 11.8 Å². The summed E-state index contributed by atoms with van der Waals surface area (Å²) in [7, 11) is 0. The Morgan fingerprint density at radius 3 is 2.08 bits per heavy atom. The van der Waals surface area contributed by atoms with Crippen molar-refractivity contribution < 1.29 is 9.59 Å². The Balaban J connectivity index is 2.67. The Labute approximate surface area is 146 Å². The summed E-state index contributed by atoms with van der Waals surface area (Å²) < 4.78 is 0. The molecule has 4 nitrogen and oxygen atoms in total. The minimum Gasteiger partial charge on any atom is -0.326 e. The summed E-state index contributed by atoms with van der Waals surface area (Å²) in [6.45, 7) is 12.3. The van der Waals surface area contributed by atoms with E-state index in [-0.39, 0.29) is 17.2 Å². The Hall–Kier alpha value is -1.84. The Morgan fingerprint density at radius 2 is 1.54 bits per heavy atom. The molecule has 0 spiro atoms. The highest BCUT2D eigenvalue weighted by Gasteiger charge is 2.26. The zero-order valence-electron chi connectivity index (χ0n) is 16.0. The molecular formula is C20H32N2O2. The number of carbonyl (C=O) groups excluding carboxylic acids is 2. The molecule has 0 aliphatic rings. The summed E-state index contributed by atoms with van der Waals surface area (Å²) >= 11 is 0. The van der Waals surface area contributed by atoms with Crippen LogP contribution in [0.4, 0.5) is 11.4 Å². The van der Waals surface area contributed by atoms with Gasteiger partial charge >= 0.3 is 0 Å². The maximum absolute atomic E-state index is 12.4. The molecule has 0 radical (unpaired) electrons. The highest BCUT2D eigenvalue weighted by atomic mass is 16.2. The highest BCUT2D eigenvalue weighted by Crippen LogP contribution is 2.25. The van der Waals surface area contributed by atoms with Crippen molar-refractivity contribution >= 4 is 23.2 Å². The monoisotopic (exact) mass is 332 g/mol. The molecule has 0 atom stereocenters. The first-order valence-corrected chi connectivity index (χ1v) is 8.75. The third-order valence-electron chi connectivity index (χ3n) is 4.00. The predicted molar refractivity (Wildman–Crippen MR) is 101 cm³/mol. The van der Waals surface area contributed by atoms with Crippen LogP contribution in [0.15, 0.2) is 24.3 Å². The van der Waals surface area contributed by atoms with Gasteiger partial charge in [-0.3, -0.25) is 9.59 Å². The minimum atomic E-state index is -0.402. The number of rotatable bonds is 7. The molecule has 4 heteroatoms. The first-order chi connectivity index (χ1) is 11.0. The second-order valence-electron chi connectivity index (χ2n) is 8.28. The Morgan fingerprint density at radius 1 is 0.958 bits per heavy atom. The van der Waals surface area contributed by atoms with E-state index in [1.165, 1.54) is 0 Å². The molecule has 2 amide bonds. The van der Waals surface area contributed by atoms with E-state index in [2.05, 4.69) is 38.3 Å². The smallest absolute Gasteiger partial charge is 0.230 e. The van der Waals surface area contributed by atoms with Crippen molar-refractivity contribution in [3.63, 3.8) is 0 Å². The van der Waals surface area contributed by atoms with Crippen molar-refractivity contribution in [2.45, 2.75) is 67.2 Å². The molecule has 134 valence electrons. The fraction of sp³-hybridized carbons (Fsp3) is 0.600. The predicted octanol–water partition coefficient (Wildman–Crippen LogP) is 5.22. The topological polar surface area (TPSA) is 58.2 Å². The first kappa shape index (κ1) is 20.2. The number of hydrogen-bond donors (Lipinski definition) is 2. The Kier molecular flexibility index (Phi) is 7.00. The number of nitrogens with one attached hydrogen (secondary N) is 2. The van der Waals surface area contributed by atoms with Gasteiger partial charge in [0.15, 0.2) is 0 Å². The average Bonchev–Trinajstić information content (AvgIpc) is 2.44. The molecule has 0 saturated carbocycles. The zero-order valence-corrected chi connectivity index (χ0v) is 16.0. The van der Waals surface area contributed by atoms with E-state index in [1.807, 2.05) is 32.0 Å². The van der Waals surface area contributed by atoms with Gasteiger partial charge in [-0.05, 0) is 36.5 Å². The normalized spacial score (nSPS) is 11.9. The molecule has 0 aliphatic carbocycles. The highest BCUT2D eigenvalue weighted by molar-refractivity contribution is 5.96. The number of amides is 2. The van der Waals surface area contributed by atoms with E-state index in [4.69, 9.17) is 0 Å². The molecule has 0 aliphatic heterocycles. The lowest BCUT2D eigenvalue weighted by molar-refractivity contribution is -0.124. The second-order valence-corrected chi connectivity index (χ2v) is 8.28. The van der Waals surface area contributed by atoms with Crippen LogP contribution in [0.3, 0.4) is 0 Å². The van der Waals surface area contributed by atoms with Crippen molar-refractivity contribution in [3.8, 4) is 0 Å². The van der Waals surface area contributed by atoms with Gasteiger partial charge in [0, 0.05) is 23.2 Å². The van der Waals surface area contributed by atoms with Gasteiger partial charge in [-0.1, -0.05) is 54.0 Å². The van der Waals surface area contributed by atoms with Gasteiger partial charge in [-0.25, -0.2) is 0 Å². The van der Waals surface area contributed by atoms with Crippen molar-refractivity contribution in [1.82, 2.24) is 0 Å². The second kappa shape index (κ2) is 8.32. The molecule has 24 heavy (non-hydrogen) atoms. The van der Waals surface area contributed by atoms with Crippen LogP contribution >= 0.6 is 0 Å². The summed E-state index contributed by atoms with van der Waals surface area (Å²) in [5, 5.41) is 5.85. The summed E-state index contributed by atoms with van der Waals surface area (Å²) in [6.07, 6.45) is 3.12. The zero-order chi connectivity index (χ0) is 18.4. The average molecular weight is 332 g/mol. The lowest BCUT2D eigenvalue weighted by Crippen LogP contribution is -2.30. The van der Waals surface area contributed by atoms with Crippen LogP contribution in [0.2, 0.25) is 0 Å². The van der Waals surface area contributed by atoms with Crippen LogP contribution in [-0.2, 0) is 9.59 Å². The molecule has 0 fully saturated rings. The van der Waals surface area contributed by atoms with Crippen molar-refractivity contribution in [2.75, 3.05) is 10.6 Å². The maximum Gasteiger partial charge on any atom is 0.230 e. The van der Waals surface area contributed by atoms with E-state index >= 15 is 0 Å².